The van der Waals surface area contributed by atoms with E-state index in [2.05, 4.69) is 10.7 Å². The van der Waals surface area contributed by atoms with Crippen molar-refractivity contribution in [1.82, 2.24) is 0 Å². The van der Waals surface area contributed by atoms with Crippen molar-refractivity contribution < 1.29 is 35.7 Å². The Morgan fingerprint density at radius 2 is 1.90 bits per heavy atom. The van der Waals surface area contributed by atoms with Crippen LogP contribution in [0.25, 0.3) is 0 Å². The van der Waals surface area contributed by atoms with Gasteiger partial charge in [0.2, 0.25) is 0 Å². The number of rotatable bonds is 3. The standard InChI is InChI=1S/C11H11F3O2.ClHO3S/c1-2-6-16-10(15)8-4-3-5-9(7-8)11(12,13)14;1-5(2,3)4/h3-5,7H,2,6H2,1H3;(H,2,3,4). The molecule has 0 aliphatic carbocycles. The van der Waals surface area contributed by atoms with Crippen LogP contribution in [0.2, 0.25) is 0 Å². The third-order valence-corrected chi connectivity index (χ3v) is 1.86. The molecule has 0 atom stereocenters. The maximum absolute atomic E-state index is 12.3. The molecule has 0 bridgehead atoms. The Morgan fingerprint density at radius 1 is 1.38 bits per heavy atom. The third-order valence-electron chi connectivity index (χ3n) is 1.86. The van der Waals surface area contributed by atoms with Crippen molar-refractivity contribution in [2.75, 3.05) is 6.61 Å². The highest BCUT2D eigenvalue weighted by molar-refractivity contribution is 8.09. The molecule has 120 valence electrons. The van der Waals surface area contributed by atoms with Crippen LogP contribution >= 0.6 is 10.7 Å². The van der Waals surface area contributed by atoms with Gasteiger partial charge in [-0.25, -0.2) is 4.79 Å². The lowest BCUT2D eigenvalue weighted by atomic mass is 10.1. The molecule has 0 aromatic heterocycles. The second-order valence-electron chi connectivity index (χ2n) is 3.63. The van der Waals surface area contributed by atoms with Crippen molar-refractivity contribution in [2.24, 2.45) is 0 Å². The predicted octanol–water partition coefficient (Wildman–Crippen LogP) is 3.30. The van der Waals surface area contributed by atoms with E-state index in [1.54, 1.807) is 6.92 Å². The zero-order chi connectivity index (χ0) is 16.7. The molecule has 1 N–H and O–H groups in total. The van der Waals surface area contributed by atoms with Gasteiger partial charge in [-0.15, -0.1) is 0 Å². The summed E-state index contributed by atoms with van der Waals surface area (Å²) in [5.41, 5.74) is -0.929. The third kappa shape index (κ3) is 10.1. The van der Waals surface area contributed by atoms with Gasteiger partial charge in [0, 0.05) is 10.7 Å². The van der Waals surface area contributed by atoms with Gasteiger partial charge < -0.3 is 4.74 Å². The van der Waals surface area contributed by atoms with Crippen LogP contribution in [0.1, 0.15) is 29.3 Å². The number of benzene rings is 1. The number of hydrogen-bond acceptors (Lipinski definition) is 4. The number of esters is 1. The predicted molar refractivity (Wildman–Crippen MR) is 69.4 cm³/mol. The number of ether oxygens (including phenoxy) is 1. The van der Waals surface area contributed by atoms with E-state index in [-0.39, 0.29) is 12.2 Å². The highest BCUT2D eigenvalue weighted by Crippen LogP contribution is 2.29. The zero-order valence-corrected chi connectivity index (χ0v) is 12.3. The van der Waals surface area contributed by atoms with E-state index >= 15 is 0 Å². The highest BCUT2D eigenvalue weighted by atomic mass is 35.7. The Balaban J connectivity index is 0.000000690. The van der Waals surface area contributed by atoms with Crippen LogP contribution in [0.4, 0.5) is 13.2 Å². The average molecular weight is 349 g/mol. The fourth-order valence-electron chi connectivity index (χ4n) is 1.10. The van der Waals surface area contributed by atoms with Crippen molar-refractivity contribution >= 4 is 26.0 Å². The number of halogens is 4. The van der Waals surface area contributed by atoms with E-state index in [9.17, 15) is 18.0 Å². The van der Waals surface area contributed by atoms with Gasteiger partial charge in [0.05, 0.1) is 17.7 Å². The largest absolute Gasteiger partial charge is 0.462 e. The molecule has 1 aromatic rings. The summed E-state index contributed by atoms with van der Waals surface area (Å²) in [6.07, 6.45) is -3.81. The van der Waals surface area contributed by atoms with Crippen molar-refractivity contribution in [3.63, 3.8) is 0 Å². The molecule has 0 amide bonds. The van der Waals surface area contributed by atoms with E-state index in [0.717, 1.165) is 12.1 Å². The fraction of sp³-hybridized carbons (Fsp3) is 0.364. The van der Waals surface area contributed by atoms with Gasteiger partial charge in [-0.1, -0.05) is 13.0 Å². The first-order chi connectivity index (χ1) is 9.45. The molecule has 0 aliphatic heterocycles. The summed E-state index contributed by atoms with van der Waals surface area (Å²) in [7, 11) is -0.137. The Kier molecular flexibility index (Phi) is 7.69. The van der Waals surface area contributed by atoms with Gasteiger partial charge in [0.1, 0.15) is 0 Å². The van der Waals surface area contributed by atoms with E-state index in [1.165, 1.54) is 12.1 Å². The topological polar surface area (TPSA) is 80.7 Å². The summed E-state index contributed by atoms with van der Waals surface area (Å²) >= 11 is 0. The lowest BCUT2D eigenvalue weighted by Gasteiger charge is -2.08. The molecule has 10 heteroatoms. The molecule has 1 aromatic carbocycles. The molecule has 0 saturated carbocycles. The van der Waals surface area contributed by atoms with Gasteiger partial charge in [-0.2, -0.15) is 21.6 Å². The molecule has 0 unspecified atom stereocenters. The molecule has 0 fully saturated rings. The van der Waals surface area contributed by atoms with Crippen LogP contribution in [0.3, 0.4) is 0 Å². The molecule has 5 nitrogen and oxygen atoms in total. The Hall–Kier alpha value is -1.32. The van der Waals surface area contributed by atoms with Gasteiger partial charge in [0.15, 0.2) is 0 Å². The molecule has 1 rings (SSSR count). The average Bonchev–Trinajstić information content (AvgIpc) is 2.33. The lowest BCUT2D eigenvalue weighted by molar-refractivity contribution is -0.137. The summed E-state index contributed by atoms with van der Waals surface area (Å²) in [6, 6.07) is 4.19. The van der Waals surface area contributed by atoms with Crippen LogP contribution in [-0.2, 0) is 20.2 Å². The van der Waals surface area contributed by atoms with Crippen LogP contribution in [0.15, 0.2) is 24.3 Å². The highest BCUT2D eigenvalue weighted by Gasteiger charge is 2.30. The van der Waals surface area contributed by atoms with Crippen molar-refractivity contribution in [3.8, 4) is 0 Å². The van der Waals surface area contributed by atoms with Crippen LogP contribution < -0.4 is 0 Å². The SMILES string of the molecule is CCCOC(=O)c1cccc(C(F)(F)F)c1.O=S(=O)(O)Cl. The van der Waals surface area contributed by atoms with Crippen molar-refractivity contribution in [1.29, 1.82) is 0 Å². The Labute approximate surface area is 123 Å². The van der Waals surface area contributed by atoms with Crippen LogP contribution in [0, 0.1) is 0 Å². The van der Waals surface area contributed by atoms with Gasteiger partial charge in [-0.3, -0.25) is 4.55 Å². The molecule has 0 aliphatic rings. The normalized spacial score (nSPS) is 11.3. The smallest absolute Gasteiger partial charge is 0.416 e. The molecule has 21 heavy (non-hydrogen) atoms. The lowest BCUT2D eigenvalue weighted by Crippen LogP contribution is -2.09. The summed E-state index contributed by atoms with van der Waals surface area (Å²) in [5.74, 6) is -0.729. The maximum atomic E-state index is 12.3. The number of hydrogen-bond donors (Lipinski definition) is 1. The Morgan fingerprint density at radius 3 is 2.33 bits per heavy atom. The number of alkyl halides is 3. The number of carbonyl (C=O) groups excluding carboxylic acids is 1. The molecule has 0 saturated heterocycles. The minimum Gasteiger partial charge on any atom is -0.462 e. The first-order valence-electron chi connectivity index (χ1n) is 5.46. The van der Waals surface area contributed by atoms with E-state index in [4.69, 9.17) is 17.7 Å². The fourth-order valence-corrected chi connectivity index (χ4v) is 1.10. The second kappa shape index (κ2) is 8.20. The van der Waals surface area contributed by atoms with Crippen molar-refractivity contribution in [3.05, 3.63) is 35.4 Å². The second-order valence-corrected chi connectivity index (χ2v) is 5.62. The summed E-state index contributed by atoms with van der Waals surface area (Å²) in [6.45, 7) is 2.01. The summed E-state index contributed by atoms with van der Waals surface area (Å²) in [4.78, 5) is 11.3. The van der Waals surface area contributed by atoms with E-state index in [0.29, 0.717) is 6.42 Å². The monoisotopic (exact) mass is 348 g/mol. The first kappa shape index (κ1) is 19.7. The zero-order valence-electron chi connectivity index (χ0n) is 10.7. The molecular formula is C11H12ClF3O5S. The maximum Gasteiger partial charge on any atom is 0.416 e. The van der Waals surface area contributed by atoms with Crippen molar-refractivity contribution in [2.45, 2.75) is 19.5 Å². The van der Waals surface area contributed by atoms with Gasteiger partial charge in [0.25, 0.3) is 0 Å². The Bertz CT molecular complexity index is 563. The van der Waals surface area contributed by atoms with Gasteiger partial charge in [-0.05, 0) is 24.6 Å². The molecular weight excluding hydrogens is 337 g/mol. The minimum atomic E-state index is -4.44. The summed E-state index contributed by atoms with van der Waals surface area (Å²) in [5, 5.41) is 0. The molecule has 0 radical (unpaired) electrons. The van der Waals surface area contributed by atoms with Crippen LogP contribution in [0.5, 0.6) is 0 Å². The first-order valence-corrected chi connectivity index (χ1v) is 7.73. The molecule has 0 spiro atoms. The minimum absolute atomic E-state index is 0.0803. The number of carbonyl (C=O) groups is 1. The van der Waals surface area contributed by atoms with E-state index < -0.39 is 27.0 Å². The van der Waals surface area contributed by atoms with Crippen LogP contribution in [-0.4, -0.2) is 25.5 Å². The van der Waals surface area contributed by atoms with Gasteiger partial charge >= 0.3 is 21.5 Å². The quantitative estimate of drug-likeness (QED) is 0.515. The van der Waals surface area contributed by atoms with E-state index in [1.807, 2.05) is 0 Å². The molecule has 0 heterocycles. The summed E-state index contributed by atoms with van der Waals surface area (Å²) < 4.78 is 66.9.